The van der Waals surface area contributed by atoms with Gasteiger partial charge in [-0.25, -0.2) is 17.5 Å². The van der Waals surface area contributed by atoms with Crippen molar-refractivity contribution in [1.29, 1.82) is 0 Å². The highest BCUT2D eigenvalue weighted by Crippen LogP contribution is 2.26. The van der Waals surface area contributed by atoms with E-state index in [1.54, 1.807) is 6.92 Å². The first-order valence-corrected chi connectivity index (χ1v) is 13.6. The molecule has 2 aliphatic rings. The highest BCUT2D eigenvalue weighted by Gasteiger charge is 2.33. The van der Waals surface area contributed by atoms with E-state index in [9.17, 15) is 27.9 Å². The third kappa shape index (κ3) is 8.86. The van der Waals surface area contributed by atoms with Gasteiger partial charge < -0.3 is 20.5 Å². The Labute approximate surface area is 196 Å². The van der Waals surface area contributed by atoms with E-state index in [2.05, 4.69) is 10.6 Å². The number of ketones is 1. The summed E-state index contributed by atoms with van der Waals surface area (Å²) < 4.78 is 30.1. The molecule has 0 aromatic heterocycles. The highest BCUT2D eigenvalue weighted by molar-refractivity contribution is 7.88. The number of nitrogens with zero attached hydrogens (tertiary/aromatic N) is 1. The molecule has 4 atom stereocenters. The van der Waals surface area contributed by atoms with Crippen LogP contribution in [0.3, 0.4) is 0 Å². The van der Waals surface area contributed by atoms with E-state index >= 15 is 0 Å². The second kappa shape index (κ2) is 12.1. The van der Waals surface area contributed by atoms with Crippen molar-refractivity contribution in [2.45, 2.75) is 77.5 Å². The Morgan fingerprint density at radius 1 is 1.21 bits per heavy atom. The smallest absolute Gasteiger partial charge is 0.407 e. The molecule has 2 fully saturated rings. The SMILES string of the molecule is CC(C)C[C@H](NC(=O)OC1CCN(S(C)(=O)=O)CC1)C(=O)C[C@@H](C[C@@H]1CCNC1=O)C(C)O. The summed E-state index contributed by atoms with van der Waals surface area (Å²) in [6.45, 7) is 6.70. The summed E-state index contributed by atoms with van der Waals surface area (Å²) in [6, 6.07) is -0.757. The summed E-state index contributed by atoms with van der Waals surface area (Å²) in [5, 5.41) is 15.7. The van der Waals surface area contributed by atoms with Gasteiger partial charge in [0.1, 0.15) is 6.10 Å². The third-order valence-corrected chi connectivity index (χ3v) is 7.73. The molecule has 33 heavy (non-hydrogen) atoms. The van der Waals surface area contributed by atoms with E-state index in [4.69, 9.17) is 4.74 Å². The van der Waals surface area contributed by atoms with Gasteiger partial charge in [0.25, 0.3) is 0 Å². The Morgan fingerprint density at radius 3 is 2.33 bits per heavy atom. The lowest BCUT2D eigenvalue weighted by Crippen LogP contribution is -2.46. The standard InChI is InChI=1S/C22H39N3O7S/c1-14(2)11-19(20(27)13-17(15(3)26)12-16-5-8-23-21(16)28)24-22(29)32-18-6-9-25(10-7-18)33(4,30)31/h14-19,26H,5-13H2,1-4H3,(H,23,28)(H,24,29)/t15?,16-,17+,19-/m0/s1. The number of alkyl carbamates (subject to hydrolysis) is 1. The first-order valence-electron chi connectivity index (χ1n) is 11.8. The van der Waals surface area contributed by atoms with E-state index < -0.39 is 34.4 Å². The summed E-state index contributed by atoms with van der Waals surface area (Å²) in [5.41, 5.74) is 0. The number of hydrogen-bond acceptors (Lipinski definition) is 7. The molecule has 0 spiro atoms. The number of sulfonamides is 1. The molecule has 3 N–H and O–H groups in total. The maximum absolute atomic E-state index is 13.1. The lowest BCUT2D eigenvalue weighted by Gasteiger charge is -2.30. The first-order chi connectivity index (χ1) is 15.4. The van der Waals surface area contributed by atoms with Crippen molar-refractivity contribution in [1.82, 2.24) is 14.9 Å². The van der Waals surface area contributed by atoms with Crippen LogP contribution >= 0.6 is 0 Å². The molecular weight excluding hydrogens is 450 g/mol. The Kier molecular flexibility index (Phi) is 10.1. The molecule has 190 valence electrons. The maximum atomic E-state index is 13.1. The Bertz CT molecular complexity index is 792. The number of amides is 2. The Balaban J connectivity index is 1.93. The summed E-state index contributed by atoms with van der Waals surface area (Å²) in [5.74, 6) is -0.689. The zero-order chi connectivity index (χ0) is 24.8. The topological polar surface area (TPSA) is 142 Å². The molecule has 0 aromatic rings. The van der Waals surface area contributed by atoms with Crippen LogP contribution < -0.4 is 10.6 Å². The van der Waals surface area contributed by atoms with Gasteiger partial charge in [-0.05, 0) is 50.9 Å². The first kappa shape index (κ1) is 27.5. The number of Topliss-reactive ketones (excluding diaryl/α,β-unsaturated/α-hetero) is 1. The number of ether oxygens (including phenoxy) is 1. The van der Waals surface area contributed by atoms with E-state index in [1.807, 2.05) is 13.8 Å². The summed E-state index contributed by atoms with van der Waals surface area (Å²) in [7, 11) is -3.27. The molecule has 1 unspecified atom stereocenters. The maximum Gasteiger partial charge on any atom is 0.407 e. The number of hydrogen-bond donors (Lipinski definition) is 3. The van der Waals surface area contributed by atoms with Crippen LogP contribution in [0.5, 0.6) is 0 Å². The second-order valence-corrected chi connectivity index (χ2v) is 11.8. The highest BCUT2D eigenvalue weighted by atomic mass is 32.2. The number of piperidine rings is 1. The van der Waals surface area contributed by atoms with Crippen molar-refractivity contribution in [3.05, 3.63) is 0 Å². The van der Waals surface area contributed by atoms with E-state index in [0.29, 0.717) is 38.6 Å². The van der Waals surface area contributed by atoms with Crippen molar-refractivity contribution in [3.63, 3.8) is 0 Å². The van der Waals surface area contributed by atoms with Crippen molar-refractivity contribution in [3.8, 4) is 0 Å². The van der Waals surface area contributed by atoms with Crippen LogP contribution in [0.15, 0.2) is 0 Å². The normalized spacial score (nSPS) is 23.1. The molecule has 2 heterocycles. The number of rotatable bonds is 11. The molecule has 0 saturated carbocycles. The minimum atomic E-state index is -3.27. The number of aliphatic hydroxyl groups is 1. The molecule has 0 aliphatic carbocycles. The Morgan fingerprint density at radius 2 is 1.85 bits per heavy atom. The van der Waals surface area contributed by atoms with E-state index in [1.165, 1.54) is 4.31 Å². The van der Waals surface area contributed by atoms with Gasteiger partial charge in [-0.1, -0.05) is 13.8 Å². The van der Waals surface area contributed by atoms with Gasteiger partial charge in [0.15, 0.2) is 5.78 Å². The zero-order valence-corrected chi connectivity index (χ0v) is 20.9. The van der Waals surface area contributed by atoms with Crippen LogP contribution in [0, 0.1) is 17.8 Å². The van der Waals surface area contributed by atoms with E-state index in [0.717, 1.165) is 6.26 Å². The average Bonchev–Trinajstić information content (AvgIpc) is 3.10. The van der Waals surface area contributed by atoms with Crippen molar-refractivity contribution < 1.29 is 32.6 Å². The molecule has 0 radical (unpaired) electrons. The minimum Gasteiger partial charge on any atom is -0.446 e. The average molecular weight is 490 g/mol. The van der Waals surface area contributed by atoms with Gasteiger partial charge in [0.2, 0.25) is 15.9 Å². The summed E-state index contributed by atoms with van der Waals surface area (Å²) >= 11 is 0. The third-order valence-electron chi connectivity index (χ3n) is 6.43. The molecule has 2 aliphatic heterocycles. The largest absolute Gasteiger partial charge is 0.446 e. The monoisotopic (exact) mass is 489 g/mol. The predicted octanol–water partition coefficient (Wildman–Crippen LogP) is 1.03. The fraction of sp³-hybridized carbons (Fsp3) is 0.864. The van der Waals surface area contributed by atoms with Gasteiger partial charge in [-0.15, -0.1) is 0 Å². The van der Waals surface area contributed by atoms with Crippen molar-refractivity contribution in [2.75, 3.05) is 25.9 Å². The lowest BCUT2D eigenvalue weighted by atomic mass is 9.84. The Hall–Kier alpha value is -1.72. The van der Waals surface area contributed by atoms with Crippen LogP contribution in [0.25, 0.3) is 0 Å². The minimum absolute atomic E-state index is 0.0459. The quantitative estimate of drug-likeness (QED) is 0.393. The van der Waals surface area contributed by atoms with Crippen LogP contribution in [0.1, 0.15) is 59.3 Å². The molecule has 11 heteroatoms. The summed E-state index contributed by atoms with van der Waals surface area (Å²) in [4.78, 5) is 37.5. The fourth-order valence-corrected chi connectivity index (χ4v) is 5.31. The van der Waals surface area contributed by atoms with E-state index in [-0.39, 0.29) is 49.0 Å². The number of nitrogens with one attached hydrogen (secondary N) is 2. The van der Waals surface area contributed by atoms with Crippen molar-refractivity contribution >= 4 is 27.8 Å². The number of carbonyl (C=O) groups excluding carboxylic acids is 3. The zero-order valence-electron chi connectivity index (χ0n) is 20.1. The predicted molar refractivity (Wildman–Crippen MR) is 123 cm³/mol. The summed E-state index contributed by atoms with van der Waals surface area (Å²) in [6.07, 6.45) is 1.69. The van der Waals surface area contributed by atoms with Crippen molar-refractivity contribution in [2.24, 2.45) is 17.8 Å². The molecule has 10 nitrogen and oxygen atoms in total. The van der Waals surface area contributed by atoms with Crippen LogP contribution in [-0.2, 0) is 24.3 Å². The molecule has 0 aromatic carbocycles. The van der Waals surface area contributed by atoms with Crippen LogP contribution in [-0.4, -0.2) is 79.8 Å². The fourth-order valence-electron chi connectivity index (χ4n) is 4.44. The molecule has 2 saturated heterocycles. The molecule has 2 amide bonds. The number of aliphatic hydroxyl groups excluding tert-OH is 1. The molecular formula is C22H39N3O7S. The van der Waals surface area contributed by atoms with Crippen LogP contribution in [0.4, 0.5) is 4.79 Å². The van der Waals surface area contributed by atoms with Gasteiger partial charge in [0, 0.05) is 32.0 Å². The second-order valence-electron chi connectivity index (χ2n) is 9.78. The van der Waals surface area contributed by atoms with Crippen LogP contribution in [0.2, 0.25) is 0 Å². The molecule has 2 rings (SSSR count). The lowest BCUT2D eigenvalue weighted by molar-refractivity contribution is -0.126. The van der Waals surface area contributed by atoms with Gasteiger partial charge in [0.05, 0.1) is 18.4 Å². The van der Waals surface area contributed by atoms with Gasteiger partial charge in [-0.2, -0.15) is 0 Å². The van der Waals surface area contributed by atoms with Gasteiger partial charge in [-0.3, -0.25) is 9.59 Å². The van der Waals surface area contributed by atoms with Gasteiger partial charge >= 0.3 is 6.09 Å². The molecule has 0 bridgehead atoms. The number of carbonyl (C=O) groups is 3.